The largest absolute Gasteiger partial charge is 0.416 e. The summed E-state index contributed by atoms with van der Waals surface area (Å²) in [6, 6.07) is 4.82. The number of halogens is 3. The molecule has 1 aromatic rings. The van der Waals surface area contributed by atoms with E-state index in [1.165, 1.54) is 6.07 Å². The molecule has 0 aliphatic carbocycles. The summed E-state index contributed by atoms with van der Waals surface area (Å²) in [6.45, 7) is 3.06. The van der Waals surface area contributed by atoms with Gasteiger partial charge in [-0.05, 0) is 37.0 Å². The van der Waals surface area contributed by atoms with Crippen LogP contribution in [0.2, 0.25) is 0 Å². The third-order valence-corrected chi connectivity index (χ3v) is 4.10. The number of nitrogens with one attached hydrogen (secondary N) is 1. The number of hydrogen-bond acceptors (Lipinski definition) is 2. The zero-order valence-electron chi connectivity index (χ0n) is 13.2. The Morgan fingerprint density at radius 2 is 2.04 bits per heavy atom. The van der Waals surface area contributed by atoms with E-state index in [2.05, 4.69) is 5.32 Å². The van der Waals surface area contributed by atoms with E-state index in [4.69, 9.17) is 4.74 Å². The fraction of sp³-hybridized carbons (Fsp3) is 0.588. The van der Waals surface area contributed by atoms with Gasteiger partial charge >= 0.3 is 6.18 Å². The second-order valence-corrected chi connectivity index (χ2v) is 5.86. The number of benzene rings is 1. The van der Waals surface area contributed by atoms with Gasteiger partial charge in [0.15, 0.2) is 0 Å². The Bertz CT molecular complexity index is 525. The Morgan fingerprint density at radius 1 is 1.35 bits per heavy atom. The van der Waals surface area contributed by atoms with Crippen molar-refractivity contribution < 1.29 is 22.7 Å². The van der Waals surface area contributed by atoms with Crippen LogP contribution in [0.1, 0.15) is 49.8 Å². The Hall–Kier alpha value is -1.56. The monoisotopic (exact) mass is 329 g/mol. The summed E-state index contributed by atoms with van der Waals surface area (Å²) >= 11 is 0. The van der Waals surface area contributed by atoms with E-state index in [0.29, 0.717) is 38.0 Å². The highest BCUT2D eigenvalue weighted by molar-refractivity contribution is 5.79. The molecule has 2 rings (SSSR count). The summed E-state index contributed by atoms with van der Waals surface area (Å²) in [7, 11) is 0. The van der Waals surface area contributed by atoms with Gasteiger partial charge in [0, 0.05) is 19.1 Å². The van der Waals surface area contributed by atoms with Crippen LogP contribution in [0.5, 0.6) is 0 Å². The Labute approximate surface area is 134 Å². The molecule has 128 valence electrons. The van der Waals surface area contributed by atoms with Crippen LogP contribution in [0.25, 0.3) is 0 Å². The second kappa shape index (κ2) is 7.81. The lowest BCUT2D eigenvalue weighted by Crippen LogP contribution is -2.36. The molecule has 6 heteroatoms. The van der Waals surface area contributed by atoms with E-state index in [9.17, 15) is 18.0 Å². The third kappa shape index (κ3) is 4.96. The molecule has 0 aromatic heterocycles. The van der Waals surface area contributed by atoms with Crippen molar-refractivity contribution in [2.24, 2.45) is 5.92 Å². The molecule has 1 N–H and O–H groups in total. The number of carbonyl (C=O) groups excluding carboxylic acids is 1. The van der Waals surface area contributed by atoms with Crippen LogP contribution in [0, 0.1) is 5.92 Å². The molecule has 0 radical (unpaired) electrons. The van der Waals surface area contributed by atoms with Gasteiger partial charge in [0.2, 0.25) is 5.91 Å². The quantitative estimate of drug-likeness (QED) is 0.883. The molecule has 1 saturated heterocycles. The van der Waals surface area contributed by atoms with Crippen molar-refractivity contribution in [3.05, 3.63) is 35.4 Å². The van der Waals surface area contributed by atoms with E-state index in [-0.39, 0.29) is 11.8 Å². The molecule has 1 heterocycles. The second-order valence-electron chi connectivity index (χ2n) is 5.86. The van der Waals surface area contributed by atoms with Crippen molar-refractivity contribution in [3.63, 3.8) is 0 Å². The summed E-state index contributed by atoms with van der Waals surface area (Å²) in [4.78, 5) is 12.3. The van der Waals surface area contributed by atoms with Crippen LogP contribution in [0.3, 0.4) is 0 Å². The molecule has 1 aromatic carbocycles. The van der Waals surface area contributed by atoms with Crippen LogP contribution >= 0.6 is 0 Å². The number of amides is 1. The highest BCUT2D eigenvalue weighted by Gasteiger charge is 2.31. The van der Waals surface area contributed by atoms with Crippen LogP contribution in [0.15, 0.2) is 24.3 Å². The lowest BCUT2D eigenvalue weighted by Gasteiger charge is -2.25. The third-order valence-electron chi connectivity index (χ3n) is 4.10. The smallest absolute Gasteiger partial charge is 0.381 e. The standard InChI is InChI=1S/C17H22F3NO2/c1-2-4-15(21-16(22)12-7-9-23-10-8-12)13-5-3-6-14(11-13)17(18,19)20/h3,5-6,11-12,15H,2,4,7-10H2,1H3,(H,21,22)/t15-/m1/s1. The molecule has 3 nitrogen and oxygen atoms in total. The molecule has 0 saturated carbocycles. The maximum absolute atomic E-state index is 12.9. The number of alkyl halides is 3. The van der Waals surface area contributed by atoms with Gasteiger partial charge in [-0.25, -0.2) is 0 Å². The van der Waals surface area contributed by atoms with Crippen LogP contribution in [0.4, 0.5) is 13.2 Å². The first-order valence-electron chi connectivity index (χ1n) is 7.97. The Balaban J connectivity index is 2.12. The lowest BCUT2D eigenvalue weighted by atomic mass is 9.96. The van der Waals surface area contributed by atoms with Gasteiger partial charge in [-0.15, -0.1) is 0 Å². The number of ether oxygens (including phenoxy) is 1. The van der Waals surface area contributed by atoms with Gasteiger partial charge < -0.3 is 10.1 Å². The van der Waals surface area contributed by atoms with Crippen LogP contribution < -0.4 is 5.32 Å². The van der Waals surface area contributed by atoms with Crippen LogP contribution in [-0.2, 0) is 15.7 Å². The predicted octanol–water partition coefficient (Wildman–Crippen LogP) is 4.09. The molecular formula is C17H22F3NO2. The average Bonchev–Trinajstić information content (AvgIpc) is 2.54. The number of rotatable bonds is 5. The van der Waals surface area contributed by atoms with E-state index in [1.807, 2.05) is 6.92 Å². The maximum Gasteiger partial charge on any atom is 0.416 e. The van der Waals surface area contributed by atoms with Gasteiger partial charge in [-0.1, -0.05) is 25.5 Å². The van der Waals surface area contributed by atoms with Crippen molar-refractivity contribution >= 4 is 5.91 Å². The number of hydrogen-bond donors (Lipinski definition) is 1. The highest BCUT2D eigenvalue weighted by atomic mass is 19.4. The molecule has 0 unspecified atom stereocenters. The minimum Gasteiger partial charge on any atom is -0.381 e. The molecule has 1 fully saturated rings. The van der Waals surface area contributed by atoms with Crippen molar-refractivity contribution in [2.75, 3.05) is 13.2 Å². The van der Waals surface area contributed by atoms with E-state index in [1.54, 1.807) is 6.07 Å². The molecule has 0 bridgehead atoms. The first-order chi connectivity index (χ1) is 10.9. The van der Waals surface area contributed by atoms with Gasteiger partial charge in [-0.2, -0.15) is 13.2 Å². The molecular weight excluding hydrogens is 307 g/mol. The fourth-order valence-electron chi connectivity index (χ4n) is 2.79. The zero-order valence-corrected chi connectivity index (χ0v) is 13.2. The Kier molecular flexibility index (Phi) is 6.04. The molecule has 0 spiro atoms. The minimum atomic E-state index is -4.38. The molecule has 1 amide bonds. The van der Waals surface area contributed by atoms with Crippen molar-refractivity contribution in [1.29, 1.82) is 0 Å². The van der Waals surface area contributed by atoms with Gasteiger partial charge in [-0.3, -0.25) is 4.79 Å². The van der Waals surface area contributed by atoms with Gasteiger partial charge in [0.25, 0.3) is 0 Å². The normalized spacial score (nSPS) is 17.7. The van der Waals surface area contributed by atoms with Gasteiger partial charge in [0.05, 0.1) is 11.6 Å². The zero-order chi connectivity index (χ0) is 16.9. The highest BCUT2D eigenvalue weighted by Crippen LogP contribution is 2.31. The average molecular weight is 329 g/mol. The van der Waals surface area contributed by atoms with Crippen molar-refractivity contribution in [3.8, 4) is 0 Å². The van der Waals surface area contributed by atoms with E-state index >= 15 is 0 Å². The maximum atomic E-state index is 12.9. The first-order valence-corrected chi connectivity index (χ1v) is 7.97. The molecule has 1 atom stereocenters. The molecule has 1 aliphatic rings. The Morgan fingerprint density at radius 3 is 2.65 bits per heavy atom. The van der Waals surface area contributed by atoms with Crippen molar-refractivity contribution in [2.45, 2.75) is 44.8 Å². The fourth-order valence-corrected chi connectivity index (χ4v) is 2.79. The van der Waals surface area contributed by atoms with E-state index in [0.717, 1.165) is 18.6 Å². The van der Waals surface area contributed by atoms with Gasteiger partial charge in [0.1, 0.15) is 0 Å². The minimum absolute atomic E-state index is 0.0934. The molecule has 1 aliphatic heterocycles. The SMILES string of the molecule is CCC[C@@H](NC(=O)C1CCOCC1)c1cccc(C(F)(F)F)c1. The summed E-state index contributed by atoms with van der Waals surface area (Å²) in [5.41, 5.74) is -0.182. The predicted molar refractivity (Wildman–Crippen MR) is 80.8 cm³/mol. The topological polar surface area (TPSA) is 38.3 Å². The van der Waals surface area contributed by atoms with Crippen molar-refractivity contribution in [1.82, 2.24) is 5.32 Å². The summed E-state index contributed by atoms with van der Waals surface area (Å²) < 4.78 is 43.8. The summed E-state index contributed by atoms with van der Waals surface area (Å²) in [5.74, 6) is -0.210. The lowest BCUT2D eigenvalue weighted by molar-refractivity contribution is -0.137. The summed E-state index contributed by atoms with van der Waals surface area (Å²) in [5, 5.41) is 2.92. The first kappa shape index (κ1) is 17.8. The number of carbonyl (C=O) groups is 1. The van der Waals surface area contributed by atoms with Crippen LogP contribution in [-0.4, -0.2) is 19.1 Å². The molecule has 23 heavy (non-hydrogen) atoms. The van der Waals surface area contributed by atoms with E-state index < -0.39 is 17.8 Å². The summed E-state index contributed by atoms with van der Waals surface area (Å²) in [6.07, 6.45) is -1.68.